The molecular formula is C15H22N2O8. The van der Waals surface area contributed by atoms with Crippen LogP contribution < -0.4 is 15.2 Å². The zero-order chi connectivity index (χ0) is 18.8. The second-order valence-electron chi connectivity index (χ2n) is 5.00. The van der Waals surface area contributed by atoms with Gasteiger partial charge in [-0.15, -0.1) is 0 Å². The Hall–Kier alpha value is -2.24. The number of hydrogen-bond acceptors (Lipinski definition) is 10. The van der Waals surface area contributed by atoms with Crippen molar-refractivity contribution >= 4 is 11.9 Å². The summed E-state index contributed by atoms with van der Waals surface area (Å²) < 4.78 is 15.3. The average Bonchev–Trinajstić information content (AvgIpc) is 2.57. The van der Waals surface area contributed by atoms with Gasteiger partial charge in [0, 0.05) is 0 Å². The van der Waals surface area contributed by atoms with Gasteiger partial charge < -0.3 is 19.9 Å². The van der Waals surface area contributed by atoms with Crippen LogP contribution in [0.4, 0.5) is 0 Å². The lowest BCUT2D eigenvalue weighted by molar-refractivity contribution is -0.492. The molecular weight excluding hydrogens is 336 g/mol. The standard InChI is InChI=1S/C15H22N2O8/c1-10(16)14(18)25-12-6-5-11(9-13(12)22-2)15(19)23-7-3-4-8-24-17(20)21/h5-6,9-10,20-21H,3-4,7-8,16H2,1-2H3. The van der Waals surface area contributed by atoms with E-state index in [9.17, 15) is 9.59 Å². The monoisotopic (exact) mass is 358 g/mol. The van der Waals surface area contributed by atoms with Gasteiger partial charge in [-0.05, 0) is 38.0 Å². The molecule has 1 unspecified atom stereocenters. The fourth-order valence-corrected chi connectivity index (χ4v) is 1.68. The van der Waals surface area contributed by atoms with Crippen LogP contribution in [0.5, 0.6) is 11.5 Å². The fourth-order valence-electron chi connectivity index (χ4n) is 1.68. The normalized spacial score (nSPS) is 11.9. The highest BCUT2D eigenvalue weighted by atomic mass is 17.1. The summed E-state index contributed by atoms with van der Waals surface area (Å²) in [6.07, 6.45) is 0.932. The van der Waals surface area contributed by atoms with Crippen LogP contribution in [0.3, 0.4) is 0 Å². The van der Waals surface area contributed by atoms with E-state index < -0.39 is 18.0 Å². The first-order chi connectivity index (χ1) is 11.8. The lowest BCUT2D eigenvalue weighted by atomic mass is 10.2. The Labute approximate surface area is 144 Å². The second-order valence-corrected chi connectivity index (χ2v) is 5.00. The highest BCUT2D eigenvalue weighted by Crippen LogP contribution is 2.28. The Morgan fingerprint density at radius 1 is 1.20 bits per heavy atom. The number of hydrogen-bond donors (Lipinski definition) is 3. The van der Waals surface area contributed by atoms with Crippen molar-refractivity contribution in [1.82, 2.24) is 5.39 Å². The number of rotatable bonds is 10. The number of carbonyl (C=O) groups is 2. The zero-order valence-electron chi connectivity index (χ0n) is 14.0. The van der Waals surface area contributed by atoms with Gasteiger partial charge in [-0.25, -0.2) is 9.59 Å². The Balaban J connectivity index is 2.55. The van der Waals surface area contributed by atoms with Gasteiger partial charge >= 0.3 is 11.9 Å². The van der Waals surface area contributed by atoms with E-state index in [1.807, 2.05) is 0 Å². The van der Waals surface area contributed by atoms with Gasteiger partial charge in [-0.2, -0.15) is 0 Å². The molecule has 4 N–H and O–H groups in total. The van der Waals surface area contributed by atoms with E-state index in [-0.39, 0.29) is 35.7 Å². The molecule has 0 aromatic heterocycles. The lowest BCUT2D eigenvalue weighted by Gasteiger charge is -2.12. The summed E-state index contributed by atoms with van der Waals surface area (Å²) in [4.78, 5) is 27.9. The smallest absolute Gasteiger partial charge is 0.338 e. The molecule has 0 aliphatic rings. The number of nitrogens with two attached hydrogens (primary N) is 1. The van der Waals surface area contributed by atoms with Crippen molar-refractivity contribution in [3.8, 4) is 11.5 Å². The molecule has 1 atom stereocenters. The molecule has 25 heavy (non-hydrogen) atoms. The number of methoxy groups -OCH3 is 1. The molecule has 0 heterocycles. The molecule has 1 aromatic carbocycles. The van der Waals surface area contributed by atoms with Crippen LogP contribution in [-0.4, -0.2) is 54.1 Å². The first-order valence-electron chi connectivity index (χ1n) is 7.48. The van der Waals surface area contributed by atoms with E-state index in [1.54, 1.807) is 0 Å². The van der Waals surface area contributed by atoms with Crippen molar-refractivity contribution in [3.63, 3.8) is 0 Å². The Morgan fingerprint density at radius 3 is 2.48 bits per heavy atom. The number of carbonyl (C=O) groups excluding carboxylic acids is 2. The van der Waals surface area contributed by atoms with Gasteiger partial charge in [0.1, 0.15) is 6.04 Å². The van der Waals surface area contributed by atoms with Crippen molar-refractivity contribution in [2.24, 2.45) is 5.73 Å². The molecule has 0 spiro atoms. The maximum atomic E-state index is 12.0. The molecule has 0 amide bonds. The molecule has 0 radical (unpaired) electrons. The molecule has 0 saturated heterocycles. The van der Waals surface area contributed by atoms with Crippen molar-refractivity contribution in [2.75, 3.05) is 20.3 Å². The molecule has 0 fully saturated rings. The number of nitrogens with zero attached hydrogens (tertiary/aromatic N) is 1. The largest absolute Gasteiger partial charge is 0.493 e. The zero-order valence-corrected chi connectivity index (χ0v) is 14.0. The minimum atomic E-state index is -0.790. The summed E-state index contributed by atoms with van der Waals surface area (Å²) >= 11 is 0. The summed E-state index contributed by atoms with van der Waals surface area (Å²) in [6.45, 7) is 1.69. The van der Waals surface area contributed by atoms with Crippen LogP contribution in [0.25, 0.3) is 0 Å². The Kier molecular flexibility index (Phi) is 8.81. The highest BCUT2D eigenvalue weighted by molar-refractivity contribution is 5.90. The average molecular weight is 358 g/mol. The van der Waals surface area contributed by atoms with E-state index in [4.69, 9.17) is 30.4 Å². The minimum Gasteiger partial charge on any atom is -0.493 e. The van der Waals surface area contributed by atoms with E-state index in [1.165, 1.54) is 32.2 Å². The first kappa shape index (κ1) is 20.8. The van der Waals surface area contributed by atoms with Crippen molar-refractivity contribution in [2.45, 2.75) is 25.8 Å². The minimum absolute atomic E-state index is 0.0675. The van der Waals surface area contributed by atoms with Crippen molar-refractivity contribution < 1.29 is 39.1 Å². The molecule has 10 heteroatoms. The third-order valence-corrected chi connectivity index (χ3v) is 2.96. The lowest BCUT2D eigenvalue weighted by Crippen LogP contribution is -2.31. The Morgan fingerprint density at radius 2 is 1.88 bits per heavy atom. The van der Waals surface area contributed by atoms with Crippen molar-refractivity contribution in [1.29, 1.82) is 0 Å². The molecule has 1 rings (SSSR count). The van der Waals surface area contributed by atoms with Gasteiger partial charge in [-0.3, -0.25) is 15.3 Å². The van der Waals surface area contributed by atoms with E-state index >= 15 is 0 Å². The molecule has 0 bridgehead atoms. The maximum Gasteiger partial charge on any atom is 0.338 e. The van der Waals surface area contributed by atoms with Gasteiger partial charge in [0.2, 0.25) is 0 Å². The number of esters is 2. The molecule has 140 valence electrons. The summed E-state index contributed by atoms with van der Waals surface area (Å²) in [5.74, 6) is -0.853. The van der Waals surface area contributed by atoms with Gasteiger partial charge in [0.15, 0.2) is 11.5 Å². The quantitative estimate of drug-likeness (QED) is 0.239. The van der Waals surface area contributed by atoms with Crippen LogP contribution in [0.1, 0.15) is 30.1 Å². The van der Waals surface area contributed by atoms with E-state index in [2.05, 4.69) is 4.84 Å². The fraction of sp³-hybridized carbons (Fsp3) is 0.467. The third kappa shape index (κ3) is 7.45. The van der Waals surface area contributed by atoms with Gasteiger partial charge in [0.25, 0.3) is 0 Å². The van der Waals surface area contributed by atoms with Crippen LogP contribution in [0.2, 0.25) is 0 Å². The third-order valence-electron chi connectivity index (χ3n) is 2.96. The number of benzene rings is 1. The maximum absolute atomic E-state index is 12.0. The first-order valence-corrected chi connectivity index (χ1v) is 7.48. The number of unbranched alkanes of at least 4 members (excludes halogenated alkanes) is 1. The van der Waals surface area contributed by atoms with Crippen LogP contribution in [0, 0.1) is 0 Å². The van der Waals surface area contributed by atoms with E-state index in [0.29, 0.717) is 12.8 Å². The summed E-state index contributed by atoms with van der Waals surface area (Å²) in [7, 11) is 1.37. The molecule has 0 aliphatic heterocycles. The second kappa shape index (κ2) is 10.6. The molecule has 1 aromatic rings. The van der Waals surface area contributed by atoms with Crippen LogP contribution >= 0.6 is 0 Å². The molecule has 0 saturated carbocycles. The highest BCUT2D eigenvalue weighted by Gasteiger charge is 2.16. The predicted octanol–water partition coefficient (Wildman–Crippen LogP) is 0.897. The van der Waals surface area contributed by atoms with Gasteiger partial charge in [0.05, 0.1) is 31.3 Å². The molecule has 10 nitrogen and oxygen atoms in total. The summed E-state index contributed by atoms with van der Waals surface area (Å²) in [6, 6.07) is 3.46. The topological polar surface area (TPSA) is 141 Å². The predicted molar refractivity (Wildman–Crippen MR) is 83.2 cm³/mol. The van der Waals surface area contributed by atoms with Gasteiger partial charge in [-0.1, -0.05) is 0 Å². The van der Waals surface area contributed by atoms with E-state index in [0.717, 1.165) is 0 Å². The summed E-state index contributed by atoms with van der Waals surface area (Å²) in [5, 5.41) is 16.3. The summed E-state index contributed by atoms with van der Waals surface area (Å²) in [5.41, 5.74) is 5.66. The molecule has 0 aliphatic carbocycles. The van der Waals surface area contributed by atoms with Crippen LogP contribution in [0.15, 0.2) is 18.2 Å². The Bertz CT molecular complexity index is 577. The number of ether oxygens (including phenoxy) is 3. The van der Waals surface area contributed by atoms with Crippen molar-refractivity contribution in [3.05, 3.63) is 23.8 Å². The SMILES string of the molecule is COc1cc(C(=O)OCCCCON(O)O)ccc1OC(=O)C(C)N. The van der Waals surface area contributed by atoms with Crippen LogP contribution in [-0.2, 0) is 14.4 Å².